The van der Waals surface area contributed by atoms with Gasteiger partial charge in [0.15, 0.2) is 0 Å². The molecule has 0 fully saturated rings. The molecule has 0 aromatic rings. The fourth-order valence-electron chi connectivity index (χ4n) is 2.63. The summed E-state index contributed by atoms with van der Waals surface area (Å²) in [6.07, 6.45) is 12.6. The van der Waals surface area contributed by atoms with Gasteiger partial charge in [0.2, 0.25) is 0 Å². The van der Waals surface area contributed by atoms with Crippen molar-refractivity contribution in [2.75, 3.05) is 26.2 Å². The molecule has 0 radical (unpaired) electrons. The van der Waals surface area contributed by atoms with Gasteiger partial charge in [-0.1, -0.05) is 66.2 Å². The minimum absolute atomic E-state index is 0.0856. The molecule has 0 heterocycles. The van der Waals surface area contributed by atoms with Crippen molar-refractivity contribution < 1.29 is 14.6 Å². The van der Waals surface area contributed by atoms with Crippen LogP contribution in [0.1, 0.15) is 113 Å². The molecule has 4 heteroatoms. The molecule has 0 aromatic carbocycles. The monoisotopic (exact) mass is 401 g/mol. The van der Waals surface area contributed by atoms with Crippen LogP contribution in [0.2, 0.25) is 0 Å². The van der Waals surface area contributed by atoms with Crippen molar-refractivity contribution in [2.24, 2.45) is 5.41 Å². The molecule has 0 spiro atoms. The fourth-order valence-corrected chi connectivity index (χ4v) is 2.63. The van der Waals surface area contributed by atoms with E-state index in [2.05, 4.69) is 25.7 Å². The maximum atomic E-state index is 11.3. The number of carbonyl (C=O) groups excluding carboxylic acids is 1. The highest BCUT2D eigenvalue weighted by atomic mass is 16.5. The Morgan fingerprint density at radius 1 is 0.857 bits per heavy atom. The molecule has 170 valence electrons. The molecule has 1 N–H and O–H groups in total. The SMILES string of the molecule is CCC(C)(C)C(=O)OCC(C)O.CCCCCN(CCCCC)CCCCC. The summed E-state index contributed by atoms with van der Waals surface area (Å²) in [4.78, 5) is 14.0. The number of rotatable bonds is 16. The minimum atomic E-state index is -0.582. The molecule has 1 unspecified atom stereocenters. The van der Waals surface area contributed by atoms with Crippen molar-refractivity contribution in [1.82, 2.24) is 4.90 Å². The zero-order chi connectivity index (χ0) is 21.8. The summed E-state index contributed by atoms with van der Waals surface area (Å²) < 4.78 is 4.87. The van der Waals surface area contributed by atoms with Crippen molar-refractivity contribution in [1.29, 1.82) is 0 Å². The molecule has 0 rings (SSSR count). The second kappa shape index (κ2) is 19.7. The van der Waals surface area contributed by atoms with Gasteiger partial charge in [-0.05, 0) is 66.1 Å². The number of unbranched alkanes of at least 4 members (excludes halogenated alkanes) is 6. The lowest BCUT2D eigenvalue weighted by Crippen LogP contribution is -2.28. The fraction of sp³-hybridized carbons (Fsp3) is 0.958. The number of aliphatic hydroxyl groups excluding tert-OH is 1. The van der Waals surface area contributed by atoms with Gasteiger partial charge in [0.25, 0.3) is 0 Å². The molecule has 0 aliphatic heterocycles. The quantitative estimate of drug-likeness (QED) is 0.247. The molecule has 0 amide bonds. The smallest absolute Gasteiger partial charge is 0.311 e. The number of aliphatic hydroxyl groups is 1. The number of ether oxygens (including phenoxy) is 1. The summed E-state index contributed by atoms with van der Waals surface area (Å²) in [7, 11) is 0. The summed E-state index contributed by atoms with van der Waals surface area (Å²) >= 11 is 0. The summed E-state index contributed by atoms with van der Waals surface area (Å²) in [6, 6.07) is 0. The number of hydrogen-bond acceptors (Lipinski definition) is 4. The van der Waals surface area contributed by atoms with E-state index in [1.165, 1.54) is 77.4 Å². The topological polar surface area (TPSA) is 49.8 Å². The average Bonchev–Trinajstić information content (AvgIpc) is 2.66. The Morgan fingerprint density at radius 3 is 1.54 bits per heavy atom. The van der Waals surface area contributed by atoms with E-state index in [0.717, 1.165) is 6.42 Å². The van der Waals surface area contributed by atoms with Gasteiger partial charge < -0.3 is 14.7 Å². The predicted octanol–water partition coefficient (Wildman–Crippen LogP) is 6.21. The molecule has 0 aromatic heterocycles. The van der Waals surface area contributed by atoms with E-state index >= 15 is 0 Å². The van der Waals surface area contributed by atoms with Gasteiger partial charge in [0.05, 0.1) is 11.5 Å². The van der Waals surface area contributed by atoms with Gasteiger partial charge in [-0.3, -0.25) is 4.79 Å². The highest BCUT2D eigenvalue weighted by Crippen LogP contribution is 2.21. The largest absolute Gasteiger partial charge is 0.463 e. The second-order valence-electron chi connectivity index (χ2n) is 8.65. The number of nitrogens with zero attached hydrogens (tertiary/aromatic N) is 1. The van der Waals surface area contributed by atoms with Crippen molar-refractivity contribution in [2.45, 2.75) is 119 Å². The first-order valence-electron chi connectivity index (χ1n) is 11.8. The molecule has 4 nitrogen and oxygen atoms in total. The van der Waals surface area contributed by atoms with Crippen LogP contribution in [-0.2, 0) is 9.53 Å². The Morgan fingerprint density at radius 2 is 1.25 bits per heavy atom. The van der Waals surface area contributed by atoms with Crippen LogP contribution < -0.4 is 0 Å². The predicted molar refractivity (Wildman–Crippen MR) is 122 cm³/mol. The van der Waals surface area contributed by atoms with E-state index in [4.69, 9.17) is 9.84 Å². The Hall–Kier alpha value is -0.610. The van der Waals surface area contributed by atoms with Crippen LogP contribution in [0.25, 0.3) is 0 Å². The molecule has 0 saturated carbocycles. The van der Waals surface area contributed by atoms with Gasteiger partial charge in [0.1, 0.15) is 6.61 Å². The second-order valence-corrected chi connectivity index (χ2v) is 8.65. The van der Waals surface area contributed by atoms with E-state index in [1.807, 2.05) is 20.8 Å². The van der Waals surface area contributed by atoms with Gasteiger partial charge in [-0.25, -0.2) is 0 Å². The van der Waals surface area contributed by atoms with Crippen LogP contribution in [0.5, 0.6) is 0 Å². The number of hydrogen-bond donors (Lipinski definition) is 1. The molecule has 0 bridgehead atoms. The zero-order valence-corrected chi connectivity index (χ0v) is 20.2. The van der Waals surface area contributed by atoms with Crippen LogP contribution in [0.3, 0.4) is 0 Å². The van der Waals surface area contributed by atoms with Crippen molar-refractivity contribution >= 4 is 5.97 Å². The van der Waals surface area contributed by atoms with E-state index in [0.29, 0.717) is 0 Å². The first-order valence-corrected chi connectivity index (χ1v) is 11.8. The van der Waals surface area contributed by atoms with E-state index < -0.39 is 11.5 Å². The normalized spacial score (nSPS) is 12.5. The summed E-state index contributed by atoms with van der Waals surface area (Å²) in [5.41, 5.74) is -0.436. The van der Waals surface area contributed by atoms with Gasteiger partial charge in [0, 0.05) is 0 Å². The number of carbonyl (C=O) groups is 1. The van der Waals surface area contributed by atoms with Gasteiger partial charge in [-0.2, -0.15) is 0 Å². The van der Waals surface area contributed by atoms with Gasteiger partial charge in [-0.15, -0.1) is 0 Å². The Kier molecular flexibility index (Phi) is 20.8. The summed E-state index contributed by atoms with van der Waals surface area (Å²) in [5.74, 6) is -0.245. The summed E-state index contributed by atoms with van der Waals surface area (Å²) in [6.45, 7) is 18.1. The van der Waals surface area contributed by atoms with Crippen molar-refractivity contribution in [3.63, 3.8) is 0 Å². The van der Waals surface area contributed by atoms with Crippen LogP contribution in [0.4, 0.5) is 0 Å². The standard InChI is InChI=1S/C15H33N.C9H18O3/c1-4-7-10-13-16(14-11-8-5-2)15-12-9-6-3;1-5-9(3,4)8(11)12-6-7(2)10/h4-15H2,1-3H3;7,10H,5-6H2,1-4H3. The maximum absolute atomic E-state index is 11.3. The molecular weight excluding hydrogens is 350 g/mol. The highest BCUT2D eigenvalue weighted by molar-refractivity contribution is 5.75. The van der Waals surface area contributed by atoms with Crippen LogP contribution >= 0.6 is 0 Å². The van der Waals surface area contributed by atoms with Gasteiger partial charge >= 0.3 is 5.97 Å². The van der Waals surface area contributed by atoms with Crippen LogP contribution in [0.15, 0.2) is 0 Å². The molecule has 0 aliphatic carbocycles. The molecule has 0 aliphatic rings. The van der Waals surface area contributed by atoms with E-state index in [1.54, 1.807) is 6.92 Å². The Labute approximate surface area is 176 Å². The lowest BCUT2D eigenvalue weighted by molar-refractivity contribution is -0.156. The minimum Gasteiger partial charge on any atom is -0.463 e. The number of esters is 1. The molecule has 0 saturated heterocycles. The third-order valence-electron chi connectivity index (χ3n) is 5.13. The first-order chi connectivity index (χ1) is 13.2. The molecule has 1 atom stereocenters. The average molecular weight is 402 g/mol. The highest BCUT2D eigenvalue weighted by Gasteiger charge is 2.27. The maximum Gasteiger partial charge on any atom is 0.311 e. The van der Waals surface area contributed by atoms with E-state index in [9.17, 15) is 4.79 Å². The van der Waals surface area contributed by atoms with Crippen LogP contribution in [0, 0.1) is 5.41 Å². The first kappa shape index (κ1) is 29.6. The van der Waals surface area contributed by atoms with Crippen molar-refractivity contribution in [3.8, 4) is 0 Å². The zero-order valence-electron chi connectivity index (χ0n) is 20.2. The van der Waals surface area contributed by atoms with E-state index in [-0.39, 0.29) is 12.6 Å². The summed E-state index contributed by atoms with van der Waals surface area (Å²) in [5, 5.41) is 8.86. The Bertz CT molecular complexity index is 319. The van der Waals surface area contributed by atoms with Crippen molar-refractivity contribution in [3.05, 3.63) is 0 Å². The lowest BCUT2D eigenvalue weighted by atomic mass is 9.91. The molecular formula is C24H51NO3. The molecule has 28 heavy (non-hydrogen) atoms. The van der Waals surface area contributed by atoms with Crippen LogP contribution in [-0.4, -0.2) is 48.3 Å². The third kappa shape index (κ3) is 18.7. The Balaban J connectivity index is 0. The lowest BCUT2D eigenvalue weighted by Gasteiger charge is -2.22. The third-order valence-corrected chi connectivity index (χ3v) is 5.13.